The summed E-state index contributed by atoms with van der Waals surface area (Å²) in [5, 5.41) is 0. The van der Waals surface area contributed by atoms with Gasteiger partial charge in [-0.15, -0.1) is 0 Å². The van der Waals surface area contributed by atoms with Crippen LogP contribution in [0.4, 0.5) is 0 Å². The SMILES string of the molecule is CC(C)(C)c1ccc(-c2cccc3c2C=C(Br)C3)cc1. The molecular formula is C19H19Br. The molecule has 102 valence electrons. The summed E-state index contributed by atoms with van der Waals surface area (Å²) in [6, 6.07) is 15.6. The van der Waals surface area contributed by atoms with E-state index in [4.69, 9.17) is 0 Å². The minimum atomic E-state index is 0.208. The van der Waals surface area contributed by atoms with Crippen molar-refractivity contribution in [2.45, 2.75) is 32.6 Å². The second-order valence-corrected chi connectivity index (χ2v) is 7.49. The molecule has 0 aliphatic heterocycles. The van der Waals surface area contributed by atoms with E-state index in [0.717, 1.165) is 6.42 Å². The van der Waals surface area contributed by atoms with E-state index >= 15 is 0 Å². The first-order chi connectivity index (χ1) is 9.45. The molecule has 0 bridgehead atoms. The van der Waals surface area contributed by atoms with E-state index in [9.17, 15) is 0 Å². The number of halogens is 1. The third kappa shape index (κ3) is 2.47. The molecule has 0 saturated heterocycles. The highest BCUT2D eigenvalue weighted by Crippen LogP contribution is 2.36. The smallest absolute Gasteiger partial charge is 0.00470 e. The summed E-state index contributed by atoms with van der Waals surface area (Å²) in [6.45, 7) is 6.76. The highest BCUT2D eigenvalue weighted by Gasteiger charge is 2.16. The van der Waals surface area contributed by atoms with Gasteiger partial charge in [0.15, 0.2) is 0 Å². The molecule has 0 fully saturated rings. The maximum absolute atomic E-state index is 3.62. The fourth-order valence-corrected chi connectivity index (χ4v) is 3.26. The quantitative estimate of drug-likeness (QED) is 0.608. The lowest BCUT2D eigenvalue weighted by Gasteiger charge is -2.19. The molecule has 0 N–H and O–H groups in total. The van der Waals surface area contributed by atoms with Crippen LogP contribution < -0.4 is 0 Å². The zero-order valence-electron chi connectivity index (χ0n) is 12.2. The highest BCUT2D eigenvalue weighted by atomic mass is 79.9. The van der Waals surface area contributed by atoms with Gasteiger partial charge in [-0.3, -0.25) is 0 Å². The molecule has 1 aliphatic rings. The summed E-state index contributed by atoms with van der Waals surface area (Å²) in [7, 11) is 0. The molecule has 20 heavy (non-hydrogen) atoms. The topological polar surface area (TPSA) is 0 Å². The van der Waals surface area contributed by atoms with Gasteiger partial charge in [0, 0.05) is 10.9 Å². The molecule has 0 radical (unpaired) electrons. The van der Waals surface area contributed by atoms with E-state index in [1.165, 1.54) is 32.3 Å². The molecule has 0 amide bonds. The third-order valence-corrected chi connectivity index (χ3v) is 4.43. The van der Waals surface area contributed by atoms with Crippen LogP contribution in [0, 0.1) is 0 Å². The number of benzene rings is 2. The molecule has 3 rings (SSSR count). The van der Waals surface area contributed by atoms with E-state index in [2.05, 4.69) is 85.2 Å². The Hall–Kier alpha value is -1.34. The fraction of sp³-hybridized carbons (Fsp3) is 0.263. The lowest BCUT2D eigenvalue weighted by molar-refractivity contribution is 0.590. The zero-order chi connectivity index (χ0) is 14.3. The first-order valence-electron chi connectivity index (χ1n) is 7.04. The molecule has 2 aromatic carbocycles. The minimum absolute atomic E-state index is 0.208. The van der Waals surface area contributed by atoms with Crippen molar-refractivity contribution < 1.29 is 0 Å². The van der Waals surface area contributed by atoms with Gasteiger partial charge in [-0.2, -0.15) is 0 Å². The van der Waals surface area contributed by atoms with Gasteiger partial charge in [-0.1, -0.05) is 79.2 Å². The summed E-state index contributed by atoms with van der Waals surface area (Å²) in [4.78, 5) is 0. The Balaban J connectivity index is 2.05. The lowest BCUT2D eigenvalue weighted by atomic mass is 9.86. The number of hydrogen-bond acceptors (Lipinski definition) is 0. The van der Waals surface area contributed by atoms with Crippen molar-refractivity contribution in [3.8, 4) is 11.1 Å². The van der Waals surface area contributed by atoms with E-state index in [1.54, 1.807) is 0 Å². The van der Waals surface area contributed by atoms with Crippen molar-refractivity contribution in [2.24, 2.45) is 0 Å². The monoisotopic (exact) mass is 326 g/mol. The van der Waals surface area contributed by atoms with Crippen LogP contribution in [-0.2, 0) is 11.8 Å². The van der Waals surface area contributed by atoms with Crippen molar-refractivity contribution in [3.63, 3.8) is 0 Å². The van der Waals surface area contributed by atoms with Gasteiger partial charge in [-0.05, 0) is 39.3 Å². The number of rotatable bonds is 1. The standard InChI is InChI=1S/C19H19Br/c1-19(2,3)15-9-7-13(8-10-15)17-6-4-5-14-11-16(20)12-18(14)17/h4-10,12H,11H2,1-3H3. The van der Waals surface area contributed by atoms with Crippen LogP contribution in [0.5, 0.6) is 0 Å². The van der Waals surface area contributed by atoms with Gasteiger partial charge < -0.3 is 0 Å². The maximum Gasteiger partial charge on any atom is 0.00470 e. The van der Waals surface area contributed by atoms with Crippen molar-refractivity contribution in [1.29, 1.82) is 0 Å². The van der Waals surface area contributed by atoms with Crippen LogP contribution in [0.1, 0.15) is 37.5 Å². The Bertz CT molecular complexity index is 670. The maximum atomic E-state index is 3.62. The molecule has 1 heteroatoms. The van der Waals surface area contributed by atoms with E-state index in [-0.39, 0.29) is 5.41 Å². The summed E-state index contributed by atoms with van der Waals surface area (Å²) >= 11 is 3.62. The van der Waals surface area contributed by atoms with E-state index in [0.29, 0.717) is 0 Å². The molecule has 2 aromatic rings. The lowest BCUT2D eigenvalue weighted by Crippen LogP contribution is -2.10. The summed E-state index contributed by atoms with van der Waals surface area (Å²) in [6.07, 6.45) is 3.27. The summed E-state index contributed by atoms with van der Waals surface area (Å²) in [5.41, 5.74) is 6.99. The first kappa shape index (κ1) is 13.6. The Morgan fingerprint density at radius 1 is 0.950 bits per heavy atom. The van der Waals surface area contributed by atoms with Crippen LogP contribution in [0.15, 0.2) is 46.9 Å². The molecule has 0 nitrogen and oxygen atoms in total. The molecule has 0 aromatic heterocycles. The number of fused-ring (bicyclic) bond motifs is 1. The number of allylic oxidation sites excluding steroid dienone is 1. The van der Waals surface area contributed by atoms with Crippen molar-refractivity contribution in [3.05, 3.63) is 63.6 Å². The average Bonchev–Trinajstić information content (AvgIpc) is 2.78. The second kappa shape index (κ2) is 4.89. The average molecular weight is 327 g/mol. The van der Waals surface area contributed by atoms with Gasteiger partial charge in [0.1, 0.15) is 0 Å². The molecule has 0 saturated carbocycles. The van der Waals surface area contributed by atoms with Gasteiger partial charge in [-0.25, -0.2) is 0 Å². The Morgan fingerprint density at radius 2 is 1.65 bits per heavy atom. The van der Waals surface area contributed by atoms with Crippen molar-refractivity contribution in [1.82, 2.24) is 0 Å². The van der Waals surface area contributed by atoms with Crippen LogP contribution in [0.2, 0.25) is 0 Å². The highest BCUT2D eigenvalue weighted by molar-refractivity contribution is 9.11. The van der Waals surface area contributed by atoms with E-state index < -0.39 is 0 Å². The summed E-state index contributed by atoms with van der Waals surface area (Å²) in [5.74, 6) is 0. The Morgan fingerprint density at radius 3 is 2.30 bits per heavy atom. The molecule has 0 heterocycles. The largest absolute Gasteiger partial charge is 0.0613 e. The van der Waals surface area contributed by atoms with Crippen LogP contribution in [-0.4, -0.2) is 0 Å². The third-order valence-electron chi connectivity index (χ3n) is 3.92. The van der Waals surface area contributed by atoms with Gasteiger partial charge >= 0.3 is 0 Å². The Kier molecular flexibility index (Phi) is 3.33. The Labute approximate surface area is 129 Å². The van der Waals surface area contributed by atoms with Crippen LogP contribution in [0.3, 0.4) is 0 Å². The minimum Gasteiger partial charge on any atom is -0.0613 e. The molecule has 0 unspecified atom stereocenters. The van der Waals surface area contributed by atoms with Crippen LogP contribution in [0.25, 0.3) is 17.2 Å². The van der Waals surface area contributed by atoms with Crippen molar-refractivity contribution in [2.75, 3.05) is 0 Å². The van der Waals surface area contributed by atoms with Gasteiger partial charge in [0.2, 0.25) is 0 Å². The molecule has 0 spiro atoms. The van der Waals surface area contributed by atoms with Crippen molar-refractivity contribution >= 4 is 22.0 Å². The van der Waals surface area contributed by atoms with Gasteiger partial charge in [0.25, 0.3) is 0 Å². The predicted molar refractivity (Wildman–Crippen MR) is 91.2 cm³/mol. The molecular weight excluding hydrogens is 308 g/mol. The second-order valence-electron chi connectivity index (χ2n) is 6.47. The molecule has 0 atom stereocenters. The number of hydrogen-bond donors (Lipinski definition) is 0. The van der Waals surface area contributed by atoms with Gasteiger partial charge in [0.05, 0.1) is 0 Å². The fourth-order valence-electron chi connectivity index (χ4n) is 2.73. The first-order valence-corrected chi connectivity index (χ1v) is 7.83. The van der Waals surface area contributed by atoms with E-state index in [1.807, 2.05) is 0 Å². The predicted octanol–water partition coefficient (Wildman–Crippen LogP) is 5.94. The zero-order valence-corrected chi connectivity index (χ0v) is 13.8. The normalized spacial score (nSPS) is 14.1. The summed E-state index contributed by atoms with van der Waals surface area (Å²) < 4.78 is 1.27. The molecule has 1 aliphatic carbocycles. The van der Waals surface area contributed by atoms with Crippen LogP contribution >= 0.6 is 15.9 Å².